The molecule has 0 radical (unpaired) electrons. The number of aliphatic hydroxyl groups is 1. The van der Waals surface area contributed by atoms with E-state index in [1.807, 2.05) is 17.7 Å². The van der Waals surface area contributed by atoms with Crippen LogP contribution in [0.25, 0.3) is 0 Å². The van der Waals surface area contributed by atoms with Crippen LogP contribution in [0.3, 0.4) is 0 Å². The van der Waals surface area contributed by atoms with Gasteiger partial charge in [0.15, 0.2) is 5.82 Å². The van der Waals surface area contributed by atoms with Gasteiger partial charge in [0.25, 0.3) is 5.91 Å². The molecule has 1 saturated heterocycles. The third kappa shape index (κ3) is 5.25. The first-order chi connectivity index (χ1) is 17.8. The smallest absolute Gasteiger partial charge is 0.263 e. The van der Waals surface area contributed by atoms with Crippen LogP contribution in [0.2, 0.25) is 0 Å². The minimum absolute atomic E-state index is 0.129. The molecule has 2 aromatic rings. The molecule has 4 heterocycles. The molecule has 202 valence electrons. The first-order valence-corrected chi connectivity index (χ1v) is 14.2. The van der Waals surface area contributed by atoms with Crippen molar-refractivity contribution in [3.63, 3.8) is 0 Å². The summed E-state index contributed by atoms with van der Waals surface area (Å²) in [7, 11) is 0. The van der Waals surface area contributed by atoms with Gasteiger partial charge in [0.05, 0.1) is 34.1 Å². The molecule has 1 unspecified atom stereocenters. The second kappa shape index (κ2) is 10.7. The zero-order valence-corrected chi connectivity index (χ0v) is 22.6. The Labute approximate surface area is 224 Å². The number of aromatic nitrogens is 3. The van der Waals surface area contributed by atoms with E-state index in [1.165, 1.54) is 32.1 Å². The number of piperidine rings is 1. The van der Waals surface area contributed by atoms with Crippen LogP contribution in [-0.2, 0) is 5.54 Å². The monoisotopic (exact) mass is 529 g/mol. The summed E-state index contributed by atoms with van der Waals surface area (Å²) in [6.45, 7) is 3.84. The highest BCUT2D eigenvalue weighted by atomic mass is 35.5. The molecule has 2 aliphatic heterocycles. The maximum atomic E-state index is 13.7. The van der Waals surface area contributed by atoms with Crippen molar-refractivity contribution >= 4 is 40.5 Å². The lowest BCUT2D eigenvalue weighted by atomic mass is 9.81. The van der Waals surface area contributed by atoms with E-state index in [-0.39, 0.29) is 22.6 Å². The van der Waals surface area contributed by atoms with Crippen molar-refractivity contribution in [2.24, 2.45) is 0 Å². The Bertz CT molecular complexity index is 1100. The number of amides is 1. The molecule has 2 aromatic heterocycles. The van der Waals surface area contributed by atoms with Crippen molar-refractivity contribution in [2.45, 2.75) is 94.1 Å². The topological polar surface area (TPSA) is 121 Å². The number of hydrogen-bond donors (Lipinski definition) is 4. The molecule has 37 heavy (non-hydrogen) atoms. The van der Waals surface area contributed by atoms with Gasteiger partial charge in [0, 0.05) is 25.8 Å². The number of rotatable bonds is 3. The summed E-state index contributed by atoms with van der Waals surface area (Å²) in [4.78, 5) is 20.1. The fourth-order valence-corrected chi connectivity index (χ4v) is 6.61. The second-order valence-electron chi connectivity index (χ2n) is 11.3. The van der Waals surface area contributed by atoms with Crippen LogP contribution in [0.15, 0.2) is 18.5 Å². The van der Waals surface area contributed by atoms with Crippen molar-refractivity contribution in [3.8, 4) is 0 Å². The molecule has 1 amide bonds. The van der Waals surface area contributed by atoms with Crippen molar-refractivity contribution in [3.05, 3.63) is 24.0 Å². The molecule has 9 nitrogen and oxygen atoms in total. The predicted molar refractivity (Wildman–Crippen MR) is 149 cm³/mol. The fourth-order valence-electron chi connectivity index (χ4n) is 6.22. The molecule has 2 fully saturated rings. The Balaban J connectivity index is 1.42. The Kier molecular flexibility index (Phi) is 7.54. The molecule has 1 spiro atoms. The van der Waals surface area contributed by atoms with Gasteiger partial charge in [-0.3, -0.25) is 9.78 Å². The van der Waals surface area contributed by atoms with Crippen LogP contribution in [0.5, 0.6) is 0 Å². The SMILES string of the molecule is CC1(O)CCN(c2ccncc2NC(=O)c2c(N)nn3c2NCC(Cl)C32CCCCCCCCC2)CC1. The molecule has 3 aliphatic rings. The normalized spacial score (nSPS) is 23.6. The summed E-state index contributed by atoms with van der Waals surface area (Å²) in [6.07, 6.45) is 14.9. The predicted octanol–water partition coefficient (Wildman–Crippen LogP) is 4.72. The number of pyridine rings is 1. The minimum atomic E-state index is -0.657. The van der Waals surface area contributed by atoms with E-state index in [1.54, 1.807) is 12.4 Å². The summed E-state index contributed by atoms with van der Waals surface area (Å²) in [6, 6.07) is 1.90. The van der Waals surface area contributed by atoms with Gasteiger partial charge in [-0.15, -0.1) is 11.6 Å². The average Bonchev–Trinajstić information content (AvgIpc) is 3.23. The van der Waals surface area contributed by atoms with Crippen LogP contribution in [-0.4, -0.2) is 56.4 Å². The Morgan fingerprint density at radius 2 is 1.78 bits per heavy atom. The number of anilines is 4. The number of nitrogens with one attached hydrogen (secondary N) is 2. The third-order valence-corrected chi connectivity index (χ3v) is 9.10. The van der Waals surface area contributed by atoms with Crippen LogP contribution in [0.1, 0.15) is 87.9 Å². The number of hydrogen-bond acceptors (Lipinski definition) is 7. The van der Waals surface area contributed by atoms with E-state index in [9.17, 15) is 9.90 Å². The largest absolute Gasteiger partial charge is 0.390 e. The third-order valence-electron chi connectivity index (χ3n) is 8.54. The number of halogens is 1. The van der Waals surface area contributed by atoms with Gasteiger partial charge in [-0.1, -0.05) is 44.9 Å². The van der Waals surface area contributed by atoms with Gasteiger partial charge in [0.1, 0.15) is 11.4 Å². The van der Waals surface area contributed by atoms with Crippen molar-refractivity contribution < 1.29 is 9.90 Å². The van der Waals surface area contributed by atoms with Gasteiger partial charge in [-0.05, 0) is 38.7 Å². The van der Waals surface area contributed by atoms with Gasteiger partial charge >= 0.3 is 0 Å². The van der Waals surface area contributed by atoms with Gasteiger partial charge in [0.2, 0.25) is 0 Å². The van der Waals surface area contributed by atoms with E-state index < -0.39 is 5.60 Å². The maximum absolute atomic E-state index is 13.7. The number of fused-ring (bicyclic) bond motifs is 2. The van der Waals surface area contributed by atoms with Gasteiger partial charge < -0.3 is 26.4 Å². The van der Waals surface area contributed by atoms with E-state index in [0.717, 1.165) is 31.4 Å². The van der Waals surface area contributed by atoms with E-state index >= 15 is 0 Å². The van der Waals surface area contributed by atoms with Crippen LogP contribution in [0, 0.1) is 0 Å². The zero-order chi connectivity index (χ0) is 26.0. The molecule has 10 heteroatoms. The summed E-state index contributed by atoms with van der Waals surface area (Å²) < 4.78 is 1.94. The number of carbonyl (C=O) groups is 1. The molecule has 1 aliphatic carbocycles. The summed E-state index contributed by atoms with van der Waals surface area (Å²) in [5, 5.41) is 21.4. The van der Waals surface area contributed by atoms with Crippen molar-refractivity contribution in [1.82, 2.24) is 14.8 Å². The lowest BCUT2D eigenvalue weighted by Gasteiger charge is -2.43. The average molecular weight is 530 g/mol. The summed E-state index contributed by atoms with van der Waals surface area (Å²) >= 11 is 7.00. The number of carbonyl (C=O) groups excluding carboxylic acids is 1. The molecule has 1 saturated carbocycles. The molecular formula is C27H40ClN7O2. The maximum Gasteiger partial charge on any atom is 0.263 e. The highest BCUT2D eigenvalue weighted by Crippen LogP contribution is 2.44. The van der Waals surface area contributed by atoms with Crippen LogP contribution in [0.4, 0.5) is 23.0 Å². The number of nitrogens with zero attached hydrogens (tertiary/aromatic N) is 4. The minimum Gasteiger partial charge on any atom is -0.390 e. The number of nitrogens with two attached hydrogens (primary N) is 1. The van der Waals surface area contributed by atoms with E-state index in [4.69, 9.17) is 22.4 Å². The number of alkyl halides is 1. The molecular weight excluding hydrogens is 490 g/mol. The fraction of sp³-hybridized carbons (Fsp3) is 0.667. The highest BCUT2D eigenvalue weighted by Gasteiger charge is 2.46. The molecule has 0 bridgehead atoms. The van der Waals surface area contributed by atoms with Gasteiger partial charge in [-0.25, -0.2) is 4.68 Å². The van der Waals surface area contributed by atoms with E-state index in [0.29, 0.717) is 49.5 Å². The molecule has 0 aromatic carbocycles. The Hall–Kier alpha value is -2.52. The quantitative estimate of drug-likeness (QED) is 0.424. The number of nitrogen functional groups attached to an aromatic ring is 1. The van der Waals surface area contributed by atoms with Crippen molar-refractivity contribution in [1.29, 1.82) is 0 Å². The standard InChI is InChI=1S/C27H40ClN7O2/c1-26(37)12-15-34(16-13-26)20-9-14-30-17-19(20)32-25(36)22-23(29)33-35-24(22)31-18-21(28)27(35)10-7-5-3-2-4-6-8-11-27/h9,14,17,21,31,37H,2-8,10-13,15-16,18H2,1H3,(H2,29,33)(H,32,36). The zero-order valence-electron chi connectivity index (χ0n) is 21.8. The van der Waals surface area contributed by atoms with Crippen molar-refractivity contribution in [2.75, 3.05) is 40.9 Å². The first-order valence-electron chi connectivity index (χ1n) is 13.8. The Morgan fingerprint density at radius 1 is 1.14 bits per heavy atom. The lowest BCUT2D eigenvalue weighted by molar-refractivity contribution is 0.0351. The van der Waals surface area contributed by atoms with Crippen LogP contribution >= 0.6 is 11.6 Å². The van der Waals surface area contributed by atoms with Gasteiger partial charge in [-0.2, -0.15) is 5.10 Å². The Morgan fingerprint density at radius 3 is 2.46 bits per heavy atom. The second-order valence-corrected chi connectivity index (χ2v) is 11.8. The lowest BCUT2D eigenvalue weighted by Crippen LogP contribution is -2.50. The van der Waals surface area contributed by atoms with E-state index in [2.05, 4.69) is 20.5 Å². The molecule has 5 N–H and O–H groups in total. The summed E-state index contributed by atoms with van der Waals surface area (Å²) in [5.74, 6) is 0.553. The first kappa shape index (κ1) is 26.1. The van der Waals surface area contributed by atoms with Crippen LogP contribution < -0.4 is 21.3 Å². The molecule has 5 rings (SSSR count). The summed E-state index contributed by atoms with van der Waals surface area (Å²) in [5.41, 5.74) is 7.27. The molecule has 1 atom stereocenters. The highest BCUT2D eigenvalue weighted by molar-refractivity contribution is 6.22.